The molecule has 3 rings (SSSR count). The summed E-state index contributed by atoms with van der Waals surface area (Å²) in [4.78, 5) is 20.3. The van der Waals surface area contributed by atoms with Crippen molar-refractivity contribution in [3.8, 4) is 22.3 Å². The largest absolute Gasteiger partial charge is 0.387 e. The summed E-state index contributed by atoms with van der Waals surface area (Å²) in [5, 5.41) is 5.93. The molecule has 2 heterocycles. The summed E-state index contributed by atoms with van der Waals surface area (Å²) in [6.07, 6.45) is 3.96. The SMILES string of the molecule is CCC(=O)Nc1cc(-c2cccc(-c3cc(NC)cnc3C)c2)ccn1. The van der Waals surface area contributed by atoms with Crippen LogP contribution in [0.4, 0.5) is 11.5 Å². The van der Waals surface area contributed by atoms with Gasteiger partial charge in [0.1, 0.15) is 5.82 Å². The van der Waals surface area contributed by atoms with Crippen LogP contribution in [-0.2, 0) is 4.79 Å². The summed E-state index contributed by atoms with van der Waals surface area (Å²) >= 11 is 0. The highest BCUT2D eigenvalue weighted by atomic mass is 16.1. The number of hydrogen-bond acceptors (Lipinski definition) is 4. The summed E-state index contributed by atoms with van der Waals surface area (Å²) < 4.78 is 0. The number of pyridine rings is 2. The van der Waals surface area contributed by atoms with E-state index in [4.69, 9.17) is 0 Å². The lowest BCUT2D eigenvalue weighted by molar-refractivity contribution is -0.115. The van der Waals surface area contributed by atoms with E-state index < -0.39 is 0 Å². The van der Waals surface area contributed by atoms with Gasteiger partial charge in [-0.15, -0.1) is 0 Å². The maximum Gasteiger partial charge on any atom is 0.225 e. The molecule has 5 heteroatoms. The van der Waals surface area contributed by atoms with Gasteiger partial charge in [0.05, 0.1) is 11.9 Å². The summed E-state index contributed by atoms with van der Waals surface area (Å²) in [7, 11) is 1.88. The number of nitrogens with zero attached hydrogens (tertiary/aromatic N) is 2. The Bertz CT molecular complexity index is 937. The molecule has 0 aliphatic rings. The fourth-order valence-corrected chi connectivity index (χ4v) is 2.74. The molecule has 1 aromatic carbocycles. The van der Waals surface area contributed by atoms with Gasteiger partial charge in [-0.1, -0.05) is 25.1 Å². The highest BCUT2D eigenvalue weighted by Gasteiger charge is 2.08. The average molecular weight is 346 g/mol. The monoisotopic (exact) mass is 346 g/mol. The van der Waals surface area contributed by atoms with Crippen LogP contribution >= 0.6 is 0 Å². The topological polar surface area (TPSA) is 66.9 Å². The molecule has 132 valence electrons. The number of carbonyl (C=O) groups is 1. The Kier molecular flexibility index (Phi) is 5.27. The molecule has 0 atom stereocenters. The zero-order valence-corrected chi connectivity index (χ0v) is 15.2. The normalized spacial score (nSPS) is 10.4. The Balaban J connectivity index is 1.98. The van der Waals surface area contributed by atoms with Crippen LogP contribution in [-0.4, -0.2) is 22.9 Å². The fraction of sp³-hybridized carbons (Fsp3) is 0.190. The molecule has 0 bridgehead atoms. The Morgan fingerprint density at radius 2 is 1.81 bits per heavy atom. The van der Waals surface area contributed by atoms with Crippen LogP contribution in [0.15, 0.2) is 54.9 Å². The molecule has 5 nitrogen and oxygen atoms in total. The third-order valence-corrected chi connectivity index (χ3v) is 4.23. The molecule has 0 saturated heterocycles. The molecule has 0 saturated carbocycles. The Hall–Kier alpha value is -3.21. The lowest BCUT2D eigenvalue weighted by atomic mass is 9.98. The first-order valence-electron chi connectivity index (χ1n) is 8.62. The van der Waals surface area contributed by atoms with Crippen LogP contribution in [0, 0.1) is 6.92 Å². The molecule has 3 aromatic rings. The van der Waals surface area contributed by atoms with Gasteiger partial charge < -0.3 is 10.6 Å². The van der Waals surface area contributed by atoms with Gasteiger partial charge in [0, 0.05) is 30.9 Å². The average Bonchev–Trinajstić information content (AvgIpc) is 2.68. The van der Waals surface area contributed by atoms with E-state index in [2.05, 4.69) is 44.9 Å². The van der Waals surface area contributed by atoms with E-state index in [0.29, 0.717) is 12.2 Å². The zero-order chi connectivity index (χ0) is 18.5. The van der Waals surface area contributed by atoms with Crippen LogP contribution < -0.4 is 10.6 Å². The Morgan fingerprint density at radius 3 is 2.58 bits per heavy atom. The summed E-state index contributed by atoms with van der Waals surface area (Å²) in [5.74, 6) is 0.517. The maximum absolute atomic E-state index is 11.6. The second-order valence-electron chi connectivity index (χ2n) is 6.02. The summed E-state index contributed by atoms with van der Waals surface area (Å²) in [6.45, 7) is 3.82. The minimum Gasteiger partial charge on any atom is -0.387 e. The number of aromatic nitrogens is 2. The predicted octanol–water partition coefficient (Wildman–Crippen LogP) is 4.51. The summed E-state index contributed by atoms with van der Waals surface area (Å²) in [5.41, 5.74) is 6.21. The number of hydrogen-bond donors (Lipinski definition) is 2. The van der Waals surface area contributed by atoms with Crippen molar-refractivity contribution >= 4 is 17.4 Å². The highest BCUT2D eigenvalue weighted by molar-refractivity contribution is 5.90. The minimum absolute atomic E-state index is 0.0472. The van der Waals surface area contributed by atoms with Gasteiger partial charge in [-0.2, -0.15) is 0 Å². The van der Waals surface area contributed by atoms with Crippen LogP contribution in [0.3, 0.4) is 0 Å². The van der Waals surface area contributed by atoms with E-state index in [9.17, 15) is 4.79 Å². The van der Waals surface area contributed by atoms with E-state index in [0.717, 1.165) is 33.6 Å². The number of amides is 1. The van der Waals surface area contributed by atoms with Crippen LogP contribution in [0.1, 0.15) is 19.0 Å². The van der Waals surface area contributed by atoms with Crippen LogP contribution in [0.2, 0.25) is 0 Å². The lowest BCUT2D eigenvalue weighted by Gasteiger charge is -2.11. The molecule has 2 aromatic heterocycles. The van der Waals surface area contributed by atoms with E-state index >= 15 is 0 Å². The molecule has 0 unspecified atom stereocenters. The van der Waals surface area contributed by atoms with Crippen molar-refractivity contribution in [2.24, 2.45) is 0 Å². The van der Waals surface area contributed by atoms with Gasteiger partial charge in [-0.25, -0.2) is 4.98 Å². The molecule has 0 radical (unpaired) electrons. The van der Waals surface area contributed by atoms with Crippen molar-refractivity contribution < 1.29 is 4.79 Å². The number of rotatable bonds is 5. The molecule has 0 spiro atoms. The standard InChI is InChI=1S/C21H22N4O/c1-4-21(26)25-20-11-16(8-9-23-20)15-6-5-7-17(10-15)19-12-18(22-3)13-24-14(19)2/h5-13,22H,4H2,1-3H3,(H,23,25,26). The highest BCUT2D eigenvalue weighted by Crippen LogP contribution is 2.29. The Labute approximate surface area is 153 Å². The zero-order valence-electron chi connectivity index (χ0n) is 15.2. The van der Waals surface area contributed by atoms with Crippen molar-refractivity contribution in [1.82, 2.24) is 9.97 Å². The van der Waals surface area contributed by atoms with Crippen LogP contribution in [0.25, 0.3) is 22.3 Å². The molecule has 2 N–H and O–H groups in total. The lowest BCUT2D eigenvalue weighted by Crippen LogP contribution is -2.10. The first-order chi connectivity index (χ1) is 12.6. The van der Waals surface area contributed by atoms with Crippen molar-refractivity contribution in [2.75, 3.05) is 17.7 Å². The molecule has 0 fully saturated rings. The van der Waals surface area contributed by atoms with E-state index in [1.807, 2.05) is 45.3 Å². The molecule has 1 amide bonds. The number of nitrogens with one attached hydrogen (secondary N) is 2. The van der Waals surface area contributed by atoms with E-state index in [1.54, 1.807) is 6.20 Å². The first-order valence-corrected chi connectivity index (χ1v) is 8.62. The Morgan fingerprint density at radius 1 is 1.04 bits per heavy atom. The quantitative estimate of drug-likeness (QED) is 0.713. The number of anilines is 2. The van der Waals surface area contributed by atoms with Crippen molar-refractivity contribution in [1.29, 1.82) is 0 Å². The maximum atomic E-state index is 11.6. The van der Waals surface area contributed by atoms with Crippen molar-refractivity contribution in [2.45, 2.75) is 20.3 Å². The second-order valence-corrected chi connectivity index (χ2v) is 6.02. The van der Waals surface area contributed by atoms with Crippen LogP contribution in [0.5, 0.6) is 0 Å². The van der Waals surface area contributed by atoms with E-state index in [1.165, 1.54) is 0 Å². The number of benzene rings is 1. The third-order valence-electron chi connectivity index (χ3n) is 4.23. The van der Waals surface area contributed by atoms with Gasteiger partial charge in [-0.3, -0.25) is 9.78 Å². The minimum atomic E-state index is -0.0472. The third kappa shape index (κ3) is 3.88. The first kappa shape index (κ1) is 17.6. The van der Waals surface area contributed by atoms with Crippen molar-refractivity contribution in [3.63, 3.8) is 0 Å². The second kappa shape index (κ2) is 7.78. The smallest absolute Gasteiger partial charge is 0.225 e. The molecular weight excluding hydrogens is 324 g/mol. The molecular formula is C21H22N4O. The molecule has 0 aliphatic carbocycles. The number of aryl methyl sites for hydroxylation is 1. The van der Waals surface area contributed by atoms with Crippen molar-refractivity contribution in [3.05, 3.63) is 60.6 Å². The van der Waals surface area contributed by atoms with E-state index in [-0.39, 0.29) is 5.91 Å². The van der Waals surface area contributed by atoms with Gasteiger partial charge in [0.25, 0.3) is 0 Å². The summed E-state index contributed by atoms with van der Waals surface area (Å²) in [6, 6.07) is 14.2. The predicted molar refractivity (Wildman–Crippen MR) is 106 cm³/mol. The van der Waals surface area contributed by atoms with Gasteiger partial charge in [0.15, 0.2) is 0 Å². The fourth-order valence-electron chi connectivity index (χ4n) is 2.74. The molecule has 26 heavy (non-hydrogen) atoms. The van der Waals surface area contributed by atoms with Gasteiger partial charge >= 0.3 is 0 Å². The van der Waals surface area contributed by atoms with Gasteiger partial charge in [-0.05, 0) is 47.9 Å². The molecule has 0 aliphatic heterocycles. The van der Waals surface area contributed by atoms with Gasteiger partial charge in [0.2, 0.25) is 5.91 Å². The number of carbonyl (C=O) groups excluding carboxylic acids is 1.